The van der Waals surface area contributed by atoms with Gasteiger partial charge in [-0.3, -0.25) is 15.1 Å². The van der Waals surface area contributed by atoms with Crippen molar-refractivity contribution in [3.63, 3.8) is 0 Å². The summed E-state index contributed by atoms with van der Waals surface area (Å²) >= 11 is 0. The number of imidazole rings is 1. The second-order valence-electron chi connectivity index (χ2n) is 7.29. The van der Waals surface area contributed by atoms with Crippen molar-refractivity contribution >= 4 is 21.9 Å². The van der Waals surface area contributed by atoms with E-state index < -0.39 is 5.82 Å². The fourth-order valence-electron chi connectivity index (χ4n) is 3.89. The Kier molecular flexibility index (Phi) is 4.04. The van der Waals surface area contributed by atoms with Crippen LogP contribution in [0.5, 0.6) is 0 Å². The van der Waals surface area contributed by atoms with E-state index in [1.165, 1.54) is 12.3 Å². The van der Waals surface area contributed by atoms with Crippen molar-refractivity contribution in [2.75, 3.05) is 0 Å². The van der Waals surface area contributed by atoms with Crippen molar-refractivity contribution in [2.24, 2.45) is 0 Å². The lowest BCUT2D eigenvalue weighted by Gasteiger charge is -2.03. The van der Waals surface area contributed by atoms with Gasteiger partial charge in [0.05, 0.1) is 28.1 Å². The Morgan fingerprint density at radius 3 is 2.50 bits per heavy atom. The summed E-state index contributed by atoms with van der Waals surface area (Å²) < 4.78 is 30.0. The number of halogens is 2. The third-order valence-corrected chi connectivity index (χ3v) is 5.38. The van der Waals surface area contributed by atoms with Crippen LogP contribution in [0.1, 0.15) is 0 Å². The number of benzene rings is 2. The molecule has 0 aliphatic rings. The first-order valence-electron chi connectivity index (χ1n) is 9.87. The normalized spacial score (nSPS) is 11.4. The van der Waals surface area contributed by atoms with E-state index in [0.717, 1.165) is 0 Å². The van der Waals surface area contributed by atoms with Crippen LogP contribution in [0.15, 0.2) is 73.2 Å². The molecule has 0 fully saturated rings. The zero-order valence-electron chi connectivity index (χ0n) is 16.5. The topological polar surface area (TPSA) is 83.1 Å². The summed E-state index contributed by atoms with van der Waals surface area (Å²) in [5.41, 5.74) is 3.85. The number of nitrogens with zero attached hydrogens (tertiary/aromatic N) is 4. The van der Waals surface area contributed by atoms with Crippen molar-refractivity contribution < 1.29 is 8.78 Å². The van der Waals surface area contributed by atoms with Crippen molar-refractivity contribution in [3.05, 3.63) is 84.8 Å². The van der Waals surface area contributed by atoms with Crippen molar-refractivity contribution in [3.8, 4) is 33.9 Å². The minimum absolute atomic E-state index is 0.177. The van der Waals surface area contributed by atoms with Crippen LogP contribution in [-0.2, 0) is 0 Å². The van der Waals surface area contributed by atoms with Gasteiger partial charge in [0.2, 0.25) is 0 Å². The van der Waals surface area contributed by atoms with Gasteiger partial charge in [-0.05, 0) is 24.3 Å². The molecule has 8 heteroatoms. The number of hydrogen-bond donors (Lipinski definition) is 2. The Morgan fingerprint density at radius 2 is 1.66 bits per heavy atom. The highest BCUT2D eigenvalue weighted by atomic mass is 19.1. The maximum absolute atomic E-state index is 15.5. The van der Waals surface area contributed by atoms with Crippen LogP contribution in [0.2, 0.25) is 0 Å². The summed E-state index contributed by atoms with van der Waals surface area (Å²) in [5.74, 6) is -0.487. The van der Waals surface area contributed by atoms with Gasteiger partial charge in [0, 0.05) is 29.1 Å². The maximum Gasteiger partial charge on any atom is 0.161 e. The molecule has 0 atom stereocenters. The first-order valence-corrected chi connectivity index (χ1v) is 9.87. The minimum Gasteiger partial charge on any atom is -0.337 e. The highest BCUT2D eigenvalue weighted by molar-refractivity contribution is 5.98. The number of fused-ring (bicyclic) bond motifs is 2. The molecule has 4 heterocycles. The van der Waals surface area contributed by atoms with Crippen LogP contribution in [0, 0.1) is 11.6 Å². The summed E-state index contributed by atoms with van der Waals surface area (Å²) in [4.78, 5) is 16.1. The molecule has 154 valence electrons. The third-order valence-electron chi connectivity index (χ3n) is 5.38. The van der Waals surface area contributed by atoms with Crippen LogP contribution in [0.4, 0.5) is 8.78 Å². The summed E-state index contributed by atoms with van der Waals surface area (Å²) in [6.45, 7) is 0. The minimum atomic E-state index is -0.519. The van der Waals surface area contributed by atoms with E-state index in [2.05, 4.69) is 30.1 Å². The number of aromatic nitrogens is 6. The number of para-hydroxylation sites is 1. The molecule has 4 aromatic heterocycles. The average molecular weight is 424 g/mol. The molecular weight excluding hydrogens is 410 g/mol. The number of H-pyrrole nitrogens is 2. The molecule has 0 saturated carbocycles. The maximum atomic E-state index is 15.5. The lowest BCUT2D eigenvalue weighted by atomic mass is 10.0. The van der Waals surface area contributed by atoms with Gasteiger partial charge in [-0.1, -0.05) is 30.3 Å². The van der Waals surface area contributed by atoms with Gasteiger partial charge in [-0.2, -0.15) is 5.10 Å². The number of pyridine rings is 2. The molecule has 2 N–H and O–H groups in total. The van der Waals surface area contributed by atoms with E-state index in [1.54, 1.807) is 48.8 Å². The third kappa shape index (κ3) is 2.77. The molecule has 0 spiro atoms. The smallest absolute Gasteiger partial charge is 0.161 e. The molecule has 0 aliphatic heterocycles. The number of rotatable bonds is 3. The van der Waals surface area contributed by atoms with Crippen molar-refractivity contribution in [1.82, 2.24) is 30.1 Å². The molecule has 0 amide bonds. The molecule has 2 aromatic carbocycles. The van der Waals surface area contributed by atoms with Crippen LogP contribution in [0.25, 0.3) is 55.8 Å². The molecule has 6 rings (SSSR count). The van der Waals surface area contributed by atoms with Gasteiger partial charge in [-0.15, -0.1) is 0 Å². The molecule has 6 aromatic rings. The Balaban J connectivity index is 1.56. The molecule has 6 nitrogen and oxygen atoms in total. The second-order valence-corrected chi connectivity index (χ2v) is 7.29. The average Bonchev–Trinajstić information content (AvgIpc) is 3.45. The Labute approximate surface area is 180 Å². The number of aromatic amines is 2. The zero-order valence-corrected chi connectivity index (χ0v) is 16.5. The van der Waals surface area contributed by atoms with E-state index >= 15 is 4.39 Å². The summed E-state index contributed by atoms with van der Waals surface area (Å²) in [5, 5.41) is 7.37. The molecule has 0 unspecified atom stereocenters. The number of hydrogen-bond acceptors (Lipinski definition) is 4. The standard InChI is InChI=1S/C24H14F2N6/c25-16-8-2-1-6-14(16)15-7-3-9-17-22(15)30-24(29-17)23-19-18(31-32-23)12-28-21(20(19)26)13-5-4-10-27-11-13/h1-12H,(H,29,30)(H,31,32). The lowest BCUT2D eigenvalue weighted by molar-refractivity contribution is 0.631. The Hall–Kier alpha value is -4.46. The quantitative estimate of drug-likeness (QED) is 0.393. The largest absolute Gasteiger partial charge is 0.337 e. The fraction of sp³-hybridized carbons (Fsp3) is 0. The van der Waals surface area contributed by atoms with Gasteiger partial charge in [-0.25, -0.2) is 13.8 Å². The van der Waals surface area contributed by atoms with Gasteiger partial charge < -0.3 is 4.98 Å². The molecule has 32 heavy (non-hydrogen) atoms. The van der Waals surface area contributed by atoms with E-state index in [4.69, 9.17) is 0 Å². The zero-order chi connectivity index (χ0) is 21.7. The summed E-state index contributed by atoms with van der Waals surface area (Å²) in [6, 6.07) is 15.4. The molecular formula is C24H14F2N6. The van der Waals surface area contributed by atoms with Crippen LogP contribution >= 0.6 is 0 Å². The number of nitrogens with one attached hydrogen (secondary N) is 2. The van der Waals surface area contributed by atoms with E-state index in [-0.39, 0.29) is 16.9 Å². The predicted octanol–water partition coefficient (Wildman–Crippen LogP) is 5.51. The SMILES string of the molecule is Fc1ccccc1-c1cccc2[nH]c(-c3n[nH]c4cnc(-c5cccnc5)c(F)c34)nc12. The summed E-state index contributed by atoms with van der Waals surface area (Å²) in [7, 11) is 0. The van der Waals surface area contributed by atoms with Crippen molar-refractivity contribution in [1.29, 1.82) is 0 Å². The summed E-state index contributed by atoms with van der Waals surface area (Å²) in [6.07, 6.45) is 4.70. The van der Waals surface area contributed by atoms with Gasteiger partial charge in [0.15, 0.2) is 11.6 Å². The highest BCUT2D eigenvalue weighted by Crippen LogP contribution is 2.34. The Bertz CT molecular complexity index is 1600. The lowest BCUT2D eigenvalue weighted by Crippen LogP contribution is -1.92. The van der Waals surface area contributed by atoms with Gasteiger partial charge in [0.1, 0.15) is 17.2 Å². The molecule has 0 aliphatic carbocycles. The highest BCUT2D eigenvalue weighted by Gasteiger charge is 2.21. The first kappa shape index (κ1) is 18.3. The molecule has 0 bridgehead atoms. The monoisotopic (exact) mass is 424 g/mol. The molecule has 0 saturated heterocycles. The van der Waals surface area contributed by atoms with E-state index in [9.17, 15) is 4.39 Å². The van der Waals surface area contributed by atoms with E-state index in [0.29, 0.717) is 44.8 Å². The Morgan fingerprint density at radius 1 is 0.781 bits per heavy atom. The van der Waals surface area contributed by atoms with E-state index in [1.807, 2.05) is 12.1 Å². The van der Waals surface area contributed by atoms with Gasteiger partial charge in [0.25, 0.3) is 0 Å². The van der Waals surface area contributed by atoms with Gasteiger partial charge >= 0.3 is 0 Å². The fourth-order valence-corrected chi connectivity index (χ4v) is 3.89. The first-order chi connectivity index (χ1) is 15.7. The van der Waals surface area contributed by atoms with Crippen LogP contribution in [0.3, 0.4) is 0 Å². The van der Waals surface area contributed by atoms with Crippen LogP contribution in [-0.4, -0.2) is 30.1 Å². The molecule has 0 radical (unpaired) electrons. The van der Waals surface area contributed by atoms with Crippen LogP contribution < -0.4 is 0 Å². The predicted molar refractivity (Wildman–Crippen MR) is 118 cm³/mol. The van der Waals surface area contributed by atoms with Crippen molar-refractivity contribution in [2.45, 2.75) is 0 Å². The second kappa shape index (κ2) is 7.05.